The molecular weight excluding hydrogens is 446 g/mol. The van der Waals surface area contributed by atoms with Crippen molar-refractivity contribution >= 4 is 23.4 Å². The fourth-order valence-electron chi connectivity index (χ4n) is 3.95. The van der Waals surface area contributed by atoms with E-state index in [1.165, 1.54) is 22.3 Å². The van der Waals surface area contributed by atoms with Crippen LogP contribution in [0.4, 0.5) is 0 Å². The molecule has 1 aliphatic rings. The van der Waals surface area contributed by atoms with E-state index in [1.54, 1.807) is 18.2 Å². The van der Waals surface area contributed by atoms with Crippen molar-refractivity contribution in [2.45, 2.75) is 33.4 Å². The molecule has 0 fully saturated rings. The van der Waals surface area contributed by atoms with Gasteiger partial charge in [-0.1, -0.05) is 24.3 Å². The molecule has 0 unspecified atom stereocenters. The van der Waals surface area contributed by atoms with E-state index < -0.39 is 5.91 Å². The number of carbonyl (C=O) groups excluding carboxylic acids is 3. The quantitative estimate of drug-likeness (QED) is 0.331. The Morgan fingerprint density at radius 2 is 1.69 bits per heavy atom. The van der Waals surface area contributed by atoms with E-state index >= 15 is 0 Å². The zero-order chi connectivity index (χ0) is 24.5. The number of rotatable bonds is 6. The van der Waals surface area contributed by atoms with Crippen LogP contribution in [0.5, 0.6) is 5.75 Å². The SMILES string of the molecule is Cc1ccc(CNC(=O)c2cc(C(=O)NCc3ccc4c(c3)CC(=O)O4)nc3ccnn23)cc1C. The second kappa shape index (κ2) is 9.02. The monoisotopic (exact) mass is 469 g/mol. The van der Waals surface area contributed by atoms with Crippen molar-refractivity contribution in [1.29, 1.82) is 0 Å². The van der Waals surface area contributed by atoms with Crippen molar-refractivity contribution < 1.29 is 19.1 Å². The van der Waals surface area contributed by atoms with E-state index in [-0.39, 0.29) is 36.2 Å². The largest absolute Gasteiger partial charge is 0.426 e. The molecule has 35 heavy (non-hydrogen) atoms. The fraction of sp³-hybridized carbons (Fsp3) is 0.192. The molecule has 0 saturated carbocycles. The Kier molecular flexibility index (Phi) is 5.74. The van der Waals surface area contributed by atoms with Gasteiger partial charge in [-0.2, -0.15) is 5.10 Å². The van der Waals surface area contributed by atoms with Gasteiger partial charge in [0.05, 0.1) is 12.6 Å². The van der Waals surface area contributed by atoms with Gasteiger partial charge in [-0.25, -0.2) is 9.50 Å². The lowest BCUT2D eigenvalue weighted by Gasteiger charge is -2.11. The molecule has 2 aromatic carbocycles. The number of aromatic nitrogens is 3. The molecule has 9 heteroatoms. The summed E-state index contributed by atoms with van der Waals surface area (Å²) in [6.45, 7) is 4.64. The van der Waals surface area contributed by atoms with Gasteiger partial charge in [0, 0.05) is 30.8 Å². The van der Waals surface area contributed by atoms with Crippen LogP contribution in [-0.4, -0.2) is 32.4 Å². The van der Waals surface area contributed by atoms with Crippen LogP contribution in [0.15, 0.2) is 54.7 Å². The molecular formula is C26H23N5O4. The summed E-state index contributed by atoms with van der Waals surface area (Å²) in [6, 6.07) is 14.4. The third kappa shape index (κ3) is 4.61. The minimum absolute atomic E-state index is 0.106. The van der Waals surface area contributed by atoms with Gasteiger partial charge in [-0.05, 0) is 48.2 Å². The summed E-state index contributed by atoms with van der Waals surface area (Å²) in [7, 11) is 0. The third-order valence-corrected chi connectivity index (χ3v) is 5.99. The minimum atomic E-state index is -0.426. The van der Waals surface area contributed by atoms with Gasteiger partial charge in [0.15, 0.2) is 5.65 Å². The molecule has 0 spiro atoms. The lowest BCUT2D eigenvalue weighted by Crippen LogP contribution is -2.28. The van der Waals surface area contributed by atoms with Crippen molar-refractivity contribution in [1.82, 2.24) is 25.2 Å². The highest BCUT2D eigenvalue weighted by molar-refractivity contribution is 5.98. The van der Waals surface area contributed by atoms with E-state index in [4.69, 9.17) is 4.74 Å². The maximum atomic E-state index is 13.0. The van der Waals surface area contributed by atoms with Crippen LogP contribution >= 0.6 is 0 Å². The highest BCUT2D eigenvalue weighted by atomic mass is 16.5. The predicted octanol–water partition coefficient (Wildman–Crippen LogP) is 2.67. The zero-order valence-corrected chi connectivity index (χ0v) is 19.3. The number of esters is 1. The van der Waals surface area contributed by atoms with Gasteiger partial charge in [-0.3, -0.25) is 14.4 Å². The number of hydrogen-bond donors (Lipinski definition) is 2. The Hall–Kier alpha value is -4.53. The van der Waals surface area contributed by atoms with Crippen molar-refractivity contribution in [2.75, 3.05) is 0 Å². The third-order valence-electron chi connectivity index (χ3n) is 5.99. The Morgan fingerprint density at radius 1 is 0.943 bits per heavy atom. The highest BCUT2D eigenvalue weighted by Crippen LogP contribution is 2.26. The molecule has 0 atom stereocenters. The van der Waals surface area contributed by atoms with Crippen LogP contribution in [0.3, 0.4) is 0 Å². The van der Waals surface area contributed by atoms with E-state index in [0.29, 0.717) is 17.9 Å². The maximum Gasteiger partial charge on any atom is 0.315 e. The van der Waals surface area contributed by atoms with Crippen molar-refractivity contribution in [3.63, 3.8) is 0 Å². The summed E-state index contributed by atoms with van der Waals surface area (Å²) in [5.74, 6) is -0.529. The summed E-state index contributed by atoms with van der Waals surface area (Å²) < 4.78 is 6.51. The number of nitrogens with one attached hydrogen (secondary N) is 2. The van der Waals surface area contributed by atoms with E-state index in [9.17, 15) is 14.4 Å². The Morgan fingerprint density at radius 3 is 2.49 bits per heavy atom. The van der Waals surface area contributed by atoms with Crippen LogP contribution in [-0.2, 0) is 24.3 Å². The fourth-order valence-corrected chi connectivity index (χ4v) is 3.95. The predicted molar refractivity (Wildman–Crippen MR) is 127 cm³/mol. The molecule has 5 rings (SSSR count). The van der Waals surface area contributed by atoms with Crippen LogP contribution in [0.1, 0.15) is 48.8 Å². The standard InChI is InChI=1S/C26H23N5O4/c1-15-3-4-17(9-16(15)2)13-28-26(34)21-12-20(30-23-7-8-29-31(21)23)25(33)27-14-18-5-6-22-19(10-18)11-24(32)35-22/h3-10,12H,11,13-14H2,1-2H3,(H,27,33)(H,28,34). The Balaban J connectivity index is 1.31. The van der Waals surface area contributed by atoms with Gasteiger partial charge in [-0.15, -0.1) is 0 Å². The maximum absolute atomic E-state index is 13.0. The Labute approximate surface area is 201 Å². The lowest BCUT2D eigenvalue weighted by atomic mass is 10.1. The van der Waals surface area contributed by atoms with Gasteiger partial charge >= 0.3 is 5.97 Å². The van der Waals surface area contributed by atoms with Crippen LogP contribution in [0.2, 0.25) is 0 Å². The smallest absolute Gasteiger partial charge is 0.315 e. The molecule has 3 heterocycles. The van der Waals surface area contributed by atoms with Crippen molar-refractivity contribution in [2.24, 2.45) is 0 Å². The number of benzene rings is 2. The van der Waals surface area contributed by atoms with Crippen LogP contribution in [0.25, 0.3) is 5.65 Å². The second-order valence-electron chi connectivity index (χ2n) is 8.50. The van der Waals surface area contributed by atoms with E-state index in [0.717, 1.165) is 22.3 Å². The Bertz CT molecular complexity index is 1490. The first-order valence-electron chi connectivity index (χ1n) is 11.2. The molecule has 2 N–H and O–H groups in total. The normalized spacial score (nSPS) is 12.3. The number of carbonyl (C=O) groups is 3. The number of ether oxygens (including phenoxy) is 1. The molecule has 9 nitrogen and oxygen atoms in total. The molecule has 0 bridgehead atoms. The van der Waals surface area contributed by atoms with Crippen LogP contribution in [0, 0.1) is 13.8 Å². The number of nitrogens with zero attached hydrogens (tertiary/aromatic N) is 3. The average Bonchev–Trinajstić information content (AvgIpc) is 3.47. The topological polar surface area (TPSA) is 115 Å². The first kappa shape index (κ1) is 22.3. The minimum Gasteiger partial charge on any atom is -0.426 e. The van der Waals surface area contributed by atoms with Crippen molar-refractivity contribution in [3.8, 4) is 5.75 Å². The first-order chi connectivity index (χ1) is 16.9. The molecule has 0 saturated heterocycles. The average molecular weight is 470 g/mol. The summed E-state index contributed by atoms with van der Waals surface area (Å²) in [6.07, 6.45) is 1.75. The number of fused-ring (bicyclic) bond motifs is 2. The van der Waals surface area contributed by atoms with E-state index in [2.05, 4.69) is 20.7 Å². The summed E-state index contributed by atoms with van der Waals surface area (Å²) in [5.41, 5.74) is 5.64. The van der Waals surface area contributed by atoms with E-state index in [1.807, 2.05) is 38.1 Å². The molecule has 1 aliphatic heterocycles. The lowest BCUT2D eigenvalue weighted by molar-refractivity contribution is -0.131. The van der Waals surface area contributed by atoms with Gasteiger partial charge in [0.25, 0.3) is 11.8 Å². The summed E-state index contributed by atoms with van der Waals surface area (Å²) >= 11 is 0. The zero-order valence-electron chi connectivity index (χ0n) is 19.3. The number of aryl methyl sites for hydroxylation is 2. The van der Waals surface area contributed by atoms with Gasteiger partial charge < -0.3 is 15.4 Å². The molecule has 0 radical (unpaired) electrons. The number of hydrogen-bond acceptors (Lipinski definition) is 6. The van der Waals surface area contributed by atoms with Crippen molar-refractivity contribution in [3.05, 3.63) is 93.9 Å². The number of amides is 2. The van der Waals surface area contributed by atoms with Crippen LogP contribution < -0.4 is 15.4 Å². The second-order valence-corrected chi connectivity index (χ2v) is 8.50. The highest BCUT2D eigenvalue weighted by Gasteiger charge is 2.21. The molecule has 0 aliphatic carbocycles. The summed E-state index contributed by atoms with van der Waals surface area (Å²) in [4.78, 5) is 41.7. The molecule has 2 aromatic heterocycles. The van der Waals surface area contributed by atoms with Gasteiger partial charge in [0.2, 0.25) is 0 Å². The molecule has 176 valence electrons. The first-order valence-corrected chi connectivity index (χ1v) is 11.2. The summed E-state index contributed by atoms with van der Waals surface area (Å²) in [5, 5.41) is 9.89. The molecule has 4 aromatic rings. The van der Waals surface area contributed by atoms with Gasteiger partial charge in [0.1, 0.15) is 17.1 Å². The molecule has 2 amide bonds.